The molecule has 110 valence electrons. The first-order valence-corrected chi connectivity index (χ1v) is 8.14. The van der Waals surface area contributed by atoms with Gasteiger partial charge < -0.3 is 10.2 Å². The van der Waals surface area contributed by atoms with Gasteiger partial charge in [-0.25, -0.2) is 13.1 Å². The number of anilines is 1. The molecule has 2 fully saturated rings. The maximum Gasteiger partial charge on any atom is 0.244 e. The number of aromatic nitrogens is 1. The number of hydrogen-bond acceptors (Lipinski definition) is 6. The highest BCUT2D eigenvalue weighted by atomic mass is 32.2. The fraction of sp³-hybridized carbons (Fsp3) is 0.583. The molecule has 0 aromatic carbocycles. The molecule has 7 nitrogen and oxygen atoms in total. The van der Waals surface area contributed by atoms with Crippen molar-refractivity contribution >= 4 is 15.7 Å². The molecule has 0 radical (unpaired) electrons. The predicted molar refractivity (Wildman–Crippen MR) is 73.2 cm³/mol. The van der Waals surface area contributed by atoms with Crippen molar-refractivity contribution in [2.24, 2.45) is 11.8 Å². The first-order valence-electron chi connectivity index (χ1n) is 6.66. The topological polar surface area (TPSA) is 106 Å². The smallest absolute Gasteiger partial charge is 0.244 e. The number of nitrogens with one attached hydrogen (secondary N) is 2. The molecule has 0 bridgehead atoms. The summed E-state index contributed by atoms with van der Waals surface area (Å²) in [5.41, 5.74) is 2.71. The summed E-state index contributed by atoms with van der Waals surface area (Å²) in [6.45, 7) is 0.601. The molecule has 2 aliphatic rings. The zero-order valence-corrected chi connectivity index (χ0v) is 11.8. The third-order valence-corrected chi connectivity index (χ3v) is 5.28. The lowest BCUT2D eigenvalue weighted by molar-refractivity contribution is 0.0848. The number of sulfonamides is 1. The van der Waals surface area contributed by atoms with Crippen LogP contribution in [-0.4, -0.2) is 32.2 Å². The average molecular weight is 298 g/mol. The SMILES string of the molecule is NNc1ccncc1S(=O)(=O)NC1CCOC1C1CC1. The quantitative estimate of drug-likeness (QED) is 0.530. The molecule has 1 saturated heterocycles. The zero-order valence-electron chi connectivity index (χ0n) is 11.0. The Morgan fingerprint density at radius 3 is 2.85 bits per heavy atom. The molecule has 20 heavy (non-hydrogen) atoms. The van der Waals surface area contributed by atoms with E-state index in [1.165, 1.54) is 18.5 Å². The number of nitrogens with two attached hydrogens (primary N) is 1. The molecule has 1 aliphatic heterocycles. The molecule has 2 atom stereocenters. The largest absolute Gasteiger partial charge is 0.376 e. The van der Waals surface area contributed by atoms with Gasteiger partial charge in [-0.3, -0.25) is 10.8 Å². The number of nitrogen functional groups attached to an aromatic ring is 1. The normalized spacial score (nSPS) is 26.6. The highest BCUT2D eigenvalue weighted by Gasteiger charge is 2.42. The lowest BCUT2D eigenvalue weighted by atomic mass is 10.1. The van der Waals surface area contributed by atoms with Crippen LogP contribution in [0.25, 0.3) is 0 Å². The van der Waals surface area contributed by atoms with Crippen molar-refractivity contribution < 1.29 is 13.2 Å². The molecule has 3 rings (SSSR count). The van der Waals surface area contributed by atoms with E-state index in [2.05, 4.69) is 15.1 Å². The summed E-state index contributed by atoms with van der Waals surface area (Å²) in [5.74, 6) is 5.84. The number of nitrogens with zero attached hydrogens (tertiary/aromatic N) is 1. The highest BCUT2D eigenvalue weighted by molar-refractivity contribution is 7.89. The van der Waals surface area contributed by atoms with Crippen molar-refractivity contribution in [2.45, 2.75) is 36.3 Å². The Balaban J connectivity index is 1.81. The van der Waals surface area contributed by atoms with Gasteiger partial charge in [0.1, 0.15) is 4.90 Å². The van der Waals surface area contributed by atoms with Crippen molar-refractivity contribution in [3.8, 4) is 0 Å². The Kier molecular flexibility index (Phi) is 3.63. The van der Waals surface area contributed by atoms with E-state index in [-0.39, 0.29) is 17.0 Å². The van der Waals surface area contributed by atoms with Crippen LogP contribution in [0.2, 0.25) is 0 Å². The van der Waals surface area contributed by atoms with Crippen molar-refractivity contribution in [1.29, 1.82) is 0 Å². The van der Waals surface area contributed by atoms with Crippen LogP contribution in [0.4, 0.5) is 5.69 Å². The van der Waals surface area contributed by atoms with Gasteiger partial charge in [-0.1, -0.05) is 0 Å². The molecule has 1 aromatic heterocycles. The Morgan fingerprint density at radius 1 is 1.35 bits per heavy atom. The van der Waals surface area contributed by atoms with Gasteiger partial charge in [-0.2, -0.15) is 0 Å². The van der Waals surface area contributed by atoms with Gasteiger partial charge in [0.2, 0.25) is 10.0 Å². The minimum Gasteiger partial charge on any atom is -0.376 e. The van der Waals surface area contributed by atoms with Crippen LogP contribution in [0.15, 0.2) is 23.4 Å². The second kappa shape index (κ2) is 5.28. The van der Waals surface area contributed by atoms with Crippen molar-refractivity contribution in [3.63, 3.8) is 0 Å². The minimum atomic E-state index is -3.66. The van der Waals surface area contributed by atoms with Gasteiger partial charge in [-0.15, -0.1) is 0 Å². The number of rotatable bonds is 5. The molecular weight excluding hydrogens is 280 g/mol. The third-order valence-electron chi connectivity index (χ3n) is 3.76. The molecule has 1 saturated carbocycles. The summed E-state index contributed by atoms with van der Waals surface area (Å²) in [7, 11) is -3.66. The molecule has 1 aromatic rings. The minimum absolute atomic E-state index is 0.00395. The summed E-state index contributed by atoms with van der Waals surface area (Å²) in [6.07, 6.45) is 5.71. The maximum atomic E-state index is 12.5. The van der Waals surface area contributed by atoms with E-state index >= 15 is 0 Å². The van der Waals surface area contributed by atoms with Crippen LogP contribution >= 0.6 is 0 Å². The van der Waals surface area contributed by atoms with Crippen LogP contribution < -0.4 is 16.0 Å². The first-order chi connectivity index (χ1) is 9.62. The highest BCUT2D eigenvalue weighted by Crippen LogP contribution is 2.39. The summed E-state index contributed by atoms with van der Waals surface area (Å²) in [5, 5.41) is 0. The second-order valence-electron chi connectivity index (χ2n) is 5.21. The number of hydrazine groups is 1. The molecule has 4 N–H and O–H groups in total. The monoisotopic (exact) mass is 298 g/mol. The van der Waals surface area contributed by atoms with Crippen LogP contribution in [0.3, 0.4) is 0 Å². The van der Waals surface area contributed by atoms with E-state index in [0.29, 0.717) is 24.6 Å². The summed E-state index contributed by atoms with van der Waals surface area (Å²) in [6, 6.07) is 1.36. The molecule has 2 unspecified atom stereocenters. The van der Waals surface area contributed by atoms with Gasteiger partial charge in [-0.05, 0) is 31.2 Å². The van der Waals surface area contributed by atoms with Gasteiger partial charge in [0.15, 0.2) is 0 Å². The molecule has 0 amide bonds. The summed E-state index contributed by atoms with van der Waals surface area (Å²) in [4.78, 5) is 3.91. The van der Waals surface area contributed by atoms with Crippen LogP contribution in [-0.2, 0) is 14.8 Å². The predicted octanol–water partition coefficient (Wildman–Crippen LogP) is 0.213. The van der Waals surface area contributed by atoms with Crippen molar-refractivity contribution in [1.82, 2.24) is 9.71 Å². The van der Waals surface area contributed by atoms with E-state index in [0.717, 1.165) is 12.8 Å². The molecule has 8 heteroatoms. The fourth-order valence-corrected chi connectivity index (χ4v) is 4.00. The first kappa shape index (κ1) is 13.7. The van der Waals surface area contributed by atoms with Gasteiger partial charge in [0.25, 0.3) is 0 Å². The van der Waals surface area contributed by atoms with Crippen molar-refractivity contribution in [3.05, 3.63) is 18.5 Å². The van der Waals surface area contributed by atoms with Crippen LogP contribution in [0.5, 0.6) is 0 Å². The van der Waals surface area contributed by atoms with Crippen LogP contribution in [0, 0.1) is 5.92 Å². The molecule has 1 aliphatic carbocycles. The fourth-order valence-electron chi connectivity index (χ4n) is 2.60. The van der Waals surface area contributed by atoms with Crippen molar-refractivity contribution in [2.75, 3.05) is 12.0 Å². The standard InChI is InChI=1S/C12H18N4O3S/c13-15-9-3-5-14-7-11(9)20(17,18)16-10-4-6-19-12(10)8-1-2-8/h3,5,7-8,10,12,16H,1-2,4,6,13H2,(H,14,15). The molecule has 0 spiro atoms. The van der Waals surface area contributed by atoms with Crippen LogP contribution in [0.1, 0.15) is 19.3 Å². The molecule has 2 heterocycles. The number of hydrogen-bond donors (Lipinski definition) is 3. The third kappa shape index (κ3) is 2.64. The maximum absolute atomic E-state index is 12.5. The summed E-state index contributed by atoms with van der Waals surface area (Å²) >= 11 is 0. The van der Waals surface area contributed by atoms with E-state index in [1.807, 2.05) is 0 Å². The Hall–Kier alpha value is -1.22. The Morgan fingerprint density at radius 2 is 2.15 bits per heavy atom. The second-order valence-corrected chi connectivity index (χ2v) is 6.89. The summed E-state index contributed by atoms with van der Waals surface area (Å²) < 4.78 is 33.3. The number of ether oxygens (including phenoxy) is 1. The van der Waals surface area contributed by atoms with Gasteiger partial charge in [0.05, 0.1) is 17.8 Å². The van der Waals surface area contributed by atoms with E-state index in [9.17, 15) is 8.42 Å². The van der Waals surface area contributed by atoms with Gasteiger partial charge >= 0.3 is 0 Å². The van der Waals surface area contributed by atoms with Gasteiger partial charge in [0, 0.05) is 19.0 Å². The lowest BCUT2D eigenvalue weighted by Crippen LogP contribution is -2.41. The Bertz CT molecular complexity index is 588. The molecular formula is C12H18N4O3S. The Labute approximate surface area is 117 Å². The number of pyridine rings is 1. The van der Waals surface area contributed by atoms with E-state index < -0.39 is 10.0 Å². The van der Waals surface area contributed by atoms with E-state index in [1.54, 1.807) is 0 Å². The van der Waals surface area contributed by atoms with E-state index in [4.69, 9.17) is 10.6 Å². The average Bonchev–Trinajstić information content (AvgIpc) is 3.19. The zero-order chi connectivity index (χ0) is 14.2. The lowest BCUT2D eigenvalue weighted by Gasteiger charge is -2.20.